The summed E-state index contributed by atoms with van der Waals surface area (Å²) in [6, 6.07) is 13.5. The average molecular weight is 428 g/mol. The van der Waals surface area contributed by atoms with Crippen molar-refractivity contribution in [3.63, 3.8) is 0 Å². The van der Waals surface area contributed by atoms with Crippen LogP contribution in [0.15, 0.2) is 42.5 Å². The van der Waals surface area contributed by atoms with E-state index in [9.17, 15) is 0 Å². The Labute approximate surface area is 183 Å². The Bertz CT molecular complexity index is 970. The molecule has 1 aliphatic heterocycles. The Hall–Kier alpha value is -2.24. The molecule has 160 valence electrons. The topological polar surface area (TPSA) is 39.5 Å². The monoisotopic (exact) mass is 427 g/mol. The molecule has 0 N–H and O–H groups in total. The highest BCUT2D eigenvalue weighted by atomic mass is 35.5. The maximum absolute atomic E-state index is 6.00. The van der Waals surface area contributed by atoms with Crippen LogP contribution < -0.4 is 9.47 Å². The van der Waals surface area contributed by atoms with Gasteiger partial charge in [0.1, 0.15) is 23.9 Å². The Balaban J connectivity index is 1.50. The van der Waals surface area contributed by atoms with E-state index in [1.807, 2.05) is 36.4 Å². The number of benzene rings is 2. The molecule has 1 atom stereocenters. The molecule has 4 rings (SSSR count). The summed E-state index contributed by atoms with van der Waals surface area (Å²) in [6.07, 6.45) is 5.03. The molecule has 1 unspecified atom stereocenters. The van der Waals surface area contributed by atoms with Crippen LogP contribution in [-0.4, -0.2) is 41.7 Å². The highest BCUT2D eigenvalue weighted by molar-refractivity contribution is 6.30. The summed E-state index contributed by atoms with van der Waals surface area (Å²) in [5.41, 5.74) is 2.08. The molecule has 30 heavy (non-hydrogen) atoms. The van der Waals surface area contributed by atoms with Crippen LogP contribution in [0.4, 0.5) is 0 Å². The Morgan fingerprint density at radius 1 is 1.13 bits per heavy atom. The van der Waals surface area contributed by atoms with E-state index < -0.39 is 0 Å². The van der Waals surface area contributed by atoms with Crippen LogP contribution in [0, 0.1) is 5.92 Å². The van der Waals surface area contributed by atoms with Crippen molar-refractivity contribution in [3.8, 4) is 11.5 Å². The third-order valence-corrected chi connectivity index (χ3v) is 6.18. The highest BCUT2D eigenvalue weighted by Gasteiger charge is 2.18. The molecule has 3 aromatic rings. The molecule has 0 aliphatic carbocycles. The number of aromatic nitrogens is 2. The Kier molecular flexibility index (Phi) is 6.80. The molecule has 0 saturated carbocycles. The Morgan fingerprint density at radius 3 is 2.70 bits per heavy atom. The lowest BCUT2D eigenvalue weighted by atomic mass is 9.94. The summed E-state index contributed by atoms with van der Waals surface area (Å²) in [7, 11) is 3.93. The summed E-state index contributed by atoms with van der Waals surface area (Å²) in [4.78, 5) is 7.30. The smallest absolute Gasteiger partial charge is 0.147 e. The minimum atomic E-state index is 0.421. The van der Waals surface area contributed by atoms with Crippen LogP contribution in [0.1, 0.15) is 31.5 Å². The predicted octanol–water partition coefficient (Wildman–Crippen LogP) is 5.40. The van der Waals surface area contributed by atoms with E-state index >= 15 is 0 Å². The first-order chi connectivity index (χ1) is 14.6. The first-order valence-corrected chi connectivity index (χ1v) is 11.1. The molecule has 0 bridgehead atoms. The minimum absolute atomic E-state index is 0.421. The van der Waals surface area contributed by atoms with Gasteiger partial charge < -0.3 is 18.9 Å². The van der Waals surface area contributed by atoms with Gasteiger partial charge in [0.15, 0.2) is 0 Å². The maximum atomic E-state index is 6.00. The fourth-order valence-electron chi connectivity index (χ4n) is 4.36. The molecule has 0 spiro atoms. The van der Waals surface area contributed by atoms with Gasteiger partial charge in [-0.05, 0) is 81.6 Å². The molecule has 1 saturated heterocycles. The zero-order valence-corrected chi connectivity index (χ0v) is 18.6. The number of hydrogen-bond acceptors (Lipinski definition) is 4. The molecule has 1 aromatic heterocycles. The number of likely N-dealkylation sites (tertiary alicyclic amines) is 1. The zero-order chi connectivity index (χ0) is 20.9. The lowest BCUT2D eigenvalue weighted by molar-refractivity contribution is 0.198. The van der Waals surface area contributed by atoms with Crippen molar-refractivity contribution in [2.24, 2.45) is 5.92 Å². The van der Waals surface area contributed by atoms with Crippen molar-refractivity contribution in [3.05, 3.63) is 53.3 Å². The largest absolute Gasteiger partial charge is 0.497 e. The quantitative estimate of drug-likeness (QED) is 0.482. The maximum Gasteiger partial charge on any atom is 0.147 e. The molecule has 2 heterocycles. The second-order valence-corrected chi connectivity index (χ2v) is 8.63. The van der Waals surface area contributed by atoms with Crippen molar-refractivity contribution in [2.75, 3.05) is 27.2 Å². The molecule has 1 fully saturated rings. The van der Waals surface area contributed by atoms with Crippen molar-refractivity contribution in [1.29, 1.82) is 0 Å². The van der Waals surface area contributed by atoms with Gasteiger partial charge in [0.05, 0.1) is 18.1 Å². The highest BCUT2D eigenvalue weighted by Crippen LogP contribution is 2.26. The number of hydrogen-bond donors (Lipinski definition) is 0. The predicted molar refractivity (Wildman–Crippen MR) is 122 cm³/mol. The number of fused-ring (bicyclic) bond motifs is 1. The van der Waals surface area contributed by atoms with E-state index in [1.54, 1.807) is 7.11 Å². The van der Waals surface area contributed by atoms with E-state index in [4.69, 9.17) is 26.1 Å². The van der Waals surface area contributed by atoms with Gasteiger partial charge in [0, 0.05) is 24.2 Å². The van der Waals surface area contributed by atoms with E-state index in [-0.39, 0.29) is 0 Å². The molecule has 2 aromatic carbocycles. The third kappa shape index (κ3) is 5.08. The van der Waals surface area contributed by atoms with Crippen molar-refractivity contribution >= 4 is 22.6 Å². The summed E-state index contributed by atoms with van der Waals surface area (Å²) in [5, 5.41) is 0.704. The van der Waals surface area contributed by atoms with E-state index in [0.29, 0.717) is 11.6 Å². The lowest BCUT2D eigenvalue weighted by Gasteiger charge is -2.29. The number of piperidine rings is 1. The van der Waals surface area contributed by atoms with Crippen LogP contribution in [0.3, 0.4) is 0 Å². The second kappa shape index (κ2) is 9.71. The fourth-order valence-corrected chi connectivity index (χ4v) is 4.49. The van der Waals surface area contributed by atoms with Gasteiger partial charge in [-0.1, -0.05) is 11.6 Å². The van der Waals surface area contributed by atoms with Crippen molar-refractivity contribution in [1.82, 2.24) is 14.5 Å². The third-order valence-electron chi connectivity index (χ3n) is 5.93. The number of halogens is 1. The van der Waals surface area contributed by atoms with Crippen LogP contribution in [0.25, 0.3) is 11.0 Å². The number of aryl methyl sites for hydroxylation is 1. The number of rotatable bonds is 8. The molecule has 0 radical (unpaired) electrons. The first kappa shape index (κ1) is 21.0. The van der Waals surface area contributed by atoms with Gasteiger partial charge in [-0.25, -0.2) is 4.98 Å². The van der Waals surface area contributed by atoms with Gasteiger partial charge in [0.2, 0.25) is 0 Å². The summed E-state index contributed by atoms with van der Waals surface area (Å²) in [5.74, 6) is 3.37. The zero-order valence-electron chi connectivity index (χ0n) is 17.8. The molecule has 1 aliphatic rings. The Morgan fingerprint density at radius 2 is 1.93 bits per heavy atom. The van der Waals surface area contributed by atoms with Gasteiger partial charge in [-0.15, -0.1) is 0 Å². The number of ether oxygens (including phenoxy) is 2. The van der Waals surface area contributed by atoms with Gasteiger partial charge >= 0.3 is 0 Å². The van der Waals surface area contributed by atoms with Crippen molar-refractivity contribution in [2.45, 2.75) is 38.8 Å². The number of imidazole rings is 1. The molecular weight excluding hydrogens is 398 g/mol. The molecule has 5 nitrogen and oxygen atoms in total. The average Bonchev–Trinajstić information content (AvgIpc) is 3.10. The SMILES string of the molecule is COc1ccc2nc(COc3ccc(Cl)cc3)n(CCCC3CCCN(C)C3)c2c1. The number of methoxy groups -OCH3 is 1. The van der Waals surface area contributed by atoms with Crippen LogP contribution >= 0.6 is 11.6 Å². The van der Waals surface area contributed by atoms with E-state index in [1.165, 1.54) is 32.4 Å². The summed E-state index contributed by atoms with van der Waals surface area (Å²) >= 11 is 5.98. The van der Waals surface area contributed by atoms with Gasteiger partial charge in [-0.2, -0.15) is 0 Å². The van der Waals surface area contributed by atoms with Crippen LogP contribution in [0.5, 0.6) is 11.5 Å². The van der Waals surface area contributed by atoms with E-state index in [0.717, 1.165) is 47.2 Å². The standard InChI is InChI=1S/C24H30ClN3O2/c1-27-13-3-5-18(16-27)6-4-14-28-23-15-21(29-2)11-12-22(23)26-24(28)17-30-20-9-7-19(25)8-10-20/h7-12,15,18H,3-6,13-14,16-17H2,1-2H3. The summed E-state index contributed by atoms with van der Waals surface area (Å²) < 4.78 is 13.7. The molecule has 0 amide bonds. The molecular formula is C24H30ClN3O2. The normalized spacial score (nSPS) is 17.4. The van der Waals surface area contributed by atoms with Crippen LogP contribution in [0.2, 0.25) is 5.02 Å². The van der Waals surface area contributed by atoms with Crippen molar-refractivity contribution < 1.29 is 9.47 Å². The van der Waals surface area contributed by atoms with E-state index in [2.05, 4.69) is 22.6 Å². The number of nitrogens with zero attached hydrogens (tertiary/aromatic N) is 3. The van der Waals surface area contributed by atoms with Gasteiger partial charge in [-0.3, -0.25) is 0 Å². The molecule has 6 heteroatoms. The summed E-state index contributed by atoms with van der Waals surface area (Å²) in [6.45, 7) is 3.80. The second-order valence-electron chi connectivity index (χ2n) is 8.19. The first-order valence-electron chi connectivity index (χ1n) is 10.7. The van der Waals surface area contributed by atoms with Gasteiger partial charge in [0.25, 0.3) is 0 Å². The fraction of sp³-hybridized carbons (Fsp3) is 0.458. The van der Waals surface area contributed by atoms with Crippen LogP contribution in [-0.2, 0) is 13.2 Å². The lowest BCUT2D eigenvalue weighted by Crippen LogP contribution is -2.32. The minimum Gasteiger partial charge on any atom is -0.497 e.